The first-order valence-corrected chi connectivity index (χ1v) is 3.65. The van der Waals surface area contributed by atoms with Gasteiger partial charge in [-0.05, 0) is 12.5 Å². The van der Waals surface area contributed by atoms with Crippen LogP contribution >= 0.6 is 0 Å². The molecule has 2 N–H and O–H groups in total. The third-order valence-corrected chi connectivity index (χ3v) is 1.69. The van der Waals surface area contributed by atoms with Gasteiger partial charge in [-0.1, -0.05) is 0 Å². The van der Waals surface area contributed by atoms with E-state index in [2.05, 4.69) is 4.98 Å². The van der Waals surface area contributed by atoms with Crippen LogP contribution in [0.25, 0.3) is 0 Å². The Labute approximate surface area is 77.8 Å². The van der Waals surface area contributed by atoms with Gasteiger partial charge in [0.05, 0.1) is 0 Å². The summed E-state index contributed by atoms with van der Waals surface area (Å²) in [6.07, 6.45) is -2.00. The van der Waals surface area contributed by atoms with Crippen LogP contribution in [0.2, 0.25) is 0 Å². The highest BCUT2D eigenvalue weighted by Gasteiger charge is 2.22. The summed E-state index contributed by atoms with van der Waals surface area (Å²) in [6, 6.07) is 0. The van der Waals surface area contributed by atoms with E-state index in [1.807, 2.05) is 0 Å². The van der Waals surface area contributed by atoms with Gasteiger partial charge in [-0.25, -0.2) is 13.6 Å². The third kappa shape index (κ3) is 1.63. The smallest absolute Gasteiger partial charge is 0.339 e. The second-order valence-electron chi connectivity index (χ2n) is 2.66. The average Bonchev–Trinajstić information content (AvgIpc) is 2.02. The number of aryl methyl sites for hydroxylation is 1. The summed E-state index contributed by atoms with van der Waals surface area (Å²) < 4.78 is 24.4. The highest BCUT2D eigenvalue weighted by molar-refractivity contribution is 5.92. The fourth-order valence-electron chi connectivity index (χ4n) is 1.04. The summed E-state index contributed by atoms with van der Waals surface area (Å²) >= 11 is 0. The molecule has 0 amide bonds. The van der Waals surface area contributed by atoms with Crippen molar-refractivity contribution >= 4 is 5.97 Å². The normalized spacial score (nSPS) is 10.6. The van der Waals surface area contributed by atoms with Gasteiger partial charge in [-0.15, -0.1) is 0 Å². The number of aromatic carboxylic acids is 1. The lowest BCUT2D eigenvalue weighted by molar-refractivity contribution is 0.0691. The molecule has 0 saturated heterocycles. The molecule has 6 heteroatoms. The molecule has 0 spiro atoms. The van der Waals surface area contributed by atoms with Crippen molar-refractivity contribution < 1.29 is 23.8 Å². The summed E-state index contributed by atoms with van der Waals surface area (Å²) in [7, 11) is 0. The fourth-order valence-corrected chi connectivity index (χ4v) is 1.04. The van der Waals surface area contributed by atoms with Crippen LogP contribution in [0.3, 0.4) is 0 Å². The average molecular weight is 203 g/mol. The molecule has 1 rings (SSSR count). The van der Waals surface area contributed by atoms with Gasteiger partial charge in [0.1, 0.15) is 11.3 Å². The molecule has 1 aromatic rings. The number of rotatable bonds is 2. The van der Waals surface area contributed by atoms with Crippen molar-refractivity contribution in [3.63, 3.8) is 0 Å². The summed E-state index contributed by atoms with van der Waals surface area (Å²) in [5.74, 6) is -2.42. The van der Waals surface area contributed by atoms with Gasteiger partial charge < -0.3 is 10.2 Å². The lowest BCUT2D eigenvalue weighted by atomic mass is 10.1. The van der Waals surface area contributed by atoms with E-state index in [-0.39, 0.29) is 5.56 Å². The number of halogens is 2. The Kier molecular flexibility index (Phi) is 2.64. The molecule has 0 unspecified atom stereocenters. The minimum absolute atomic E-state index is 0.138. The standard InChI is InChI=1S/C8H7F2NO3/c1-3-2-11-5(7(9)10)6(12)4(3)8(13)14/h2,7,12H,1H3,(H,13,14). The van der Waals surface area contributed by atoms with Crippen LogP contribution in [-0.4, -0.2) is 21.2 Å². The first-order valence-electron chi connectivity index (χ1n) is 3.65. The summed E-state index contributed by atoms with van der Waals surface area (Å²) in [4.78, 5) is 13.8. The minimum Gasteiger partial charge on any atom is -0.505 e. The molecule has 0 aliphatic rings. The molecule has 76 valence electrons. The van der Waals surface area contributed by atoms with Gasteiger partial charge in [0.15, 0.2) is 5.75 Å². The molecule has 4 nitrogen and oxygen atoms in total. The Morgan fingerprint density at radius 3 is 2.57 bits per heavy atom. The molecule has 0 fully saturated rings. The zero-order valence-corrected chi connectivity index (χ0v) is 7.16. The molecule has 14 heavy (non-hydrogen) atoms. The molecular weight excluding hydrogens is 196 g/mol. The quantitative estimate of drug-likeness (QED) is 0.767. The minimum atomic E-state index is -2.99. The van der Waals surface area contributed by atoms with E-state index < -0.39 is 29.4 Å². The maximum absolute atomic E-state index is 12.2. The van der Waals surface area contributed by atoms with E-state index >= 15 is 0 Å². The third-order valence-electron chi connectivity index (χ3n) is 1.69. The second kappa shape index (κ2) is 3.57. The fraction of sp³-hybridized carbons (Fsp3) is 0.250. The number of hydrogen-bond donors (Lipinski definition) is 2. The first kappa shape index (κ1) is 10.4. The molecule has 0 aliphatic carbocycles. The highest BCUT2D eigenvalue weighted by Crippen LogP contribution is 2.30. The van der Waals surface area contributed by atoms with Crippen molar-refractivity contribution in [1.29, 1.82) is 0 Å². The van der Waals surface area contributed by atoms with E-state index in [0.29, 0.717) is 0 Å². The number of aromatic hydroxyl groups is 1. The predicted molar refractivity (Wildman–Crippen MR) is 42.6 cm³/mol. The van der Waals surface area contributed by atoms with Crippen molar-refractivity contribution in [1.82, 2.24) is 4.98 Å². The Hall–Kier alpha value is -1.72. The van der Waals surface area contributed by atoms with Gasteiger partial charge in [-0.2, -0.15) is 0 Å². The van der Waals surface area contributed by atoms with E-state index in [4.69, 9.17) is 5.11 Å². The molecule has 0 saturated carbocycles. The molecule has 0 bridgehead atoms. The maximum atomic E-state index is 12.2. The van der Waals surface area contributed by atoms with Crippen LogP contribution < -0.4 is 0 Å². The highest BCUT2D eigenvalue weighted by atomic mass is 19.3. The topological polar surface area (TPSA) is 70.4 Å². The monoisotopic (exact) mass is 203 g/mol. The van der Waals surface area contributed by atoms with Crippen LogP contribution in [0, 0.1) is 6.92 Å². The van der Waals surface area contributed by atoms with Crippen molar-refractivity contribution in [2.24, 2.45) is 0 Å². The van der Waals surface area contributed by atoms with E-state index in [1.54, 1.807) is 0 Å². The molecular formula is C8H7F2NO3. The number of nitrogens with zero attached hydrogens (tertiary/aromatic N) is 1. The summed E-state index contributed by atoms with van der Waals surface area (Å²) in [5, 5.41) is 17.8. The lowest BCUT2D eigenvalue weighted by Crippen LogP contribution is -2.04. The molecule has 0 atom stereocenters. The van der Waals surface area contributed by atoms with E-state index in [1.165, 1.54) is 6.92 Å². The van der Waals surface area contributed by atoms with Crippen molar-refractivity contribution in [2.45, 2.75) is 13.3 Å². The van der Waals surface area contributed by atoms with Crippen molar-refractivity contribution in [3.05, 3.63) is 23.0 Å². The van der Waals surface area contributed by atoms with Crippen LogP contribution in [0.5, 0.6) is 5.75 Å². The van der Waals surface area contributed by atoms with Gasteiger partial charge >= 0.3 is 5.97 Å². The number of carbonyl (C=O) groups is 1. The number of carboxylic acid groups (broad SMARTS) is 1. The van der Waals surface area contributed by atoms with Crippen molar-refractivity contribution in [3.8, 4) is 5.75 Å². The zero-order chi connectivity index (χ0) is 10.9. The largest absolute Gasteiger partial charge is 0.505 e. The van der Waals surface area contributed by atoms with Crippen molar-refractivity contribution in [2.75, 3.05) is 0 Å². The van der Waals surface area contributed by atoms with Gasteiger partial charge in [0, 0.05) is 6.20 Å². The van der Waals surface area contributed by atoms with Gasteiger partial charge in [0.2, 0.25) is 0 Å². The molecule has 1 aromatic heterocycles. The zero-order valence-electron chi connectivity index (χ0n) is 7.16. The molecule has 0 aliphatic heterocycles. The molecule has 1 heterocycles. The van der Waals surface area contributed by atoms with Crippen LogP contribution in [0.1, 0.15) is 28.0 Å². The second-order valence-corrected chi connectivity index (χ2v) is 2.66. The Balaban J connectivity index is 3.41. The molecule has 0 aromatic carbocycles. The van der Waals surface area contributed by atoms with Crippen LogP contribution in [0.4, 0.5) is 8.78 Å². The number of carboxylic acids is 1. The van der Waals surface area contributed by atoms with Gasteiger partial charge in [0.25, 0.3) is 6.43 Å². The Morgan fingerprint density at radius 2 is 2.14 bits per heavy atom. The van der Waals surface area contributed by atoms with Crippen LogP contribution in [0.15, 0.2) is 6.20 Å². The summed E-state index contributed by atoms with van der Waals surface area (Å²) in [5.41, 5.74) is -1.30. The maximum Gasteiger partial charge on any atom is 0.339 e. The number of aromatic nitrogens is 1. The van der Waals surface area contributed by atoms with Gasteiger partial charge in [-0.3, -0.25) is 4.98 Å². The Morgan fingerprint density at radius 1 is 1.57 bits per heavy atom. The number of hydrogen-bond acceptors (Lipinski definition) is 3. The number of alkyl halides is 2. The van der Waals surface area contributed by atoms with Crippen LogP contribution in [-0.2, 0) is 0 Å². The Bertz CT molecular complexity index is 379. The number of pyridine rings is 1. The lowest BCUT2D eigenvalue weighted by Gasteiger charge is -2.07. The molecule has 0 radical (unpaired) electrons. The SMILES string of the molecule is Cc1cnc(C(F)F)c(O)c1C(=O)O. The van der Waals surface area contributed by atoms with E-state index in [9.17, 15) is 18.7 Å². The first-order chi connectivity index (χ1) is 6.45. The van der Waals surface area contributed by atoms with E-state index in [0.717, 1.165) is 6.20 Å². The predicted octanol–water partition coefficient (Wildman–Crippen LogP) is 1.73. The summed E-state index contributed by atoms with van der Waals surface area (Å²) in [6.45, 7) is 1.37.